The number of nitrogens with zero attached hydrogens (tertiary/aromatic N) is 2. The fourth-order valence-electron chi connectivity index (χ4n) is 12.3. The Balaban J connectivity index is 0.000000167. The average molecular weight is 1290 g/mol. The number of aliphatic imine (C=N–C) groups is 2. The van der Waals surface area contributed by atoms with Gasteiger partial charge in [-0.3, -0.25) is 9.98 Å². The second kappa shape index (κ2) is 33.0. The molecule has 0 N–H and O–H groups in total. The van der Waals surface area contributed by atoms with Gasteiger partial charge in [-0.25, -0.2) is 0 Å². The van der Waals surface area contributed by atoms with Gasteiger partial charge in [-0.15, -0.1) is 13.2 Å². The molecule has 0 radical (unpaired) electrons. The fourth-order valence-corrected chi connectivity index (χ4v) is 17.1. The molecular weight excluding hydrogens is 1210 g/mol. The molecule has 0 spiro atoms. The van der Waals surface area contributed by atoms with Gasteiger partial charge in [-0.05, 0) is 152 Å². The zero-order chi connectivity index (χ0) is 65.1. The molecule has 4 nitrogen and oxygen atoms in total. The van der Waals surface area contributed by atoms with Crippen molar-refractivity contribution in [2.24, 2.45) is 9.98 Å². The number of benzene rings is 12. The summed E-state index contributed by atoms with van der Waals surface area (Å²) in [4.78, 5) is 9.76. The van der Waals surface area contributed by atoms with Gasteiger partial charge in [0.25, 0.3) is 0 Å². The van der Waals surface area contributed by atoms with Crippen LogP contribution in [-0.4, -0.2) is 12.4 Å². The van der Waals surface area contributed by atoms with Crippen LogP contribution in [0.5, 0.6) is 11.5 Å². The molecule has 12 aromatic rings. The van der Waals surface area contributed by atoms with Crippen LogP contribution < -0.4 is 31.4 Å². The molecular formula is C88H81N2NiO2P. The van der Waals surface area contributed by atoms with Gasteiger partial charge >= 0.3 is 166 Å². The van der Waals surface area contributed by atoms with Crippen LogP contribution in [0.2, 0.25) is 0 Å². The molecule has 12 aromatic carbocycles. The Kier molecular flexibility index (Phi) is 24.0. The van der Waals surface area contributed by atoms with Crippen LogP contribution in [-0.2, 0) is 29.3 Å². The van der Waals surface area contributed by atoms with Gasteiger partial charge in [0, 0.05) is 12.4 Å². The summed E-state index contributed by atoms with van der Waals surface area (Å²) in [5, 5.41) is 32.7. The van der Waals surface area contributed by atoms with E-state index in [1.807, 2.05) is 133 Å². The van der Waals surface area contributed by atoms with Crippen LogP contribution in [0, 0.1) is 13.8 Å². The monoisotopic (exact) mass is 1290 g/mol. The molecule has 0 fully saturated rings. The summed E-state index contributed by atoms with van der Waals surface area (Å²) < 4.78 is 0. The van der Waals surface area contributed by atoms with Crippen LogP contribution in [0.25, 0.3) is 44.5 Å². The number of rotatable bonds is 18. The van der Waals surface area contributed by atoms with Crippen molar-refractivity contribution < 1.29 is 26.7 Å². The Labute approximate surface area is 568 Å². The summed E-state index contributed by atoms with van der Waals surface area (Å²) in [5.74, 6) is 0.610. The van der Waals surface area contributed by atoms with Crippen LogP contribution in [0.4, 0.5) is 11.4 Å². The molecule has 0 saturated carbocycles. The first-order valence-corrected chi connectivity index (χ1v) is 34.1. The molecule has 0 amide bonds. The Morgan fingerprint density at radius 2 is 0.617 bits per heavy atom. The summed E-state index contributed by atoms with van der Waals surface area (Å²) in [7, 11) is -2.30. The molecule has 470 valence electrons. The van der Waals surface area contributed by atoms with Gasteiger partial charge in [-0.2, -0.15) is 0 Å². The second-order valence-electron chi connectivity index (χ2n) is 24.1. The first kappa shape index (κ1) is 68.4. The van der Waals surface area contributed by atoms with Crippen LogP contribution >= 0.6 is 7.26 Å². The molecule has 0 aliphatic carbocycles. The number of hydrogen-bond donors (Lipinski definition) is 0. The fraction of sp³-hybridized carbons (Fsp3) is 0.114. The van der Waals surface area contributed by atoms with E-state index in [1.54, 1.807) is 12.4 Å². The third-order valence-corrected chi connectivity index (χ3v) is 21.7. The van der Waals surface area contributed by atoms with E-state index in [2.05, 4.69) is 225 Å². The minimum absolute atomic E-state index is 0. The van der Waals surface area contributed by atoms with Gasteiger partial charge in [0.2, 0.25) is 0 Å². The van der Waals surface area contributed by atoms with Crippen LogP contribution in [0.3, 0.4) is 0 Å². The van der Waals surface area contributed by atoms with Crippen molar-refractivity contribution in [2.45, 2.75) is 66.2 Å². The molecule has 0 saturated heterocycles. The molecule has 0 bridgehead atoms. The van der Waals surface area contributed by atoms with E-state index in [4.69, 9.17) is 9.98 Å². The average Bonchev–Trinajstić information content (AvgIpc) is 0.741. The van der Waals surface area contributed by atoms with Crippen molar-refractivity contribution in [1.29, 1.82) is 0 Å². The minimum atomic E-state index is -2.30. The SMILES string of the molecule is C=CCc1cc(C)c(N=Cc2cc(-c3ccccc3)cc(-c3ccccc3)c2[O-])c(C(C)C)c1.C=CCc1cc(C)c(N=Cc2cc(-c3ccccc3)cc(-c3ccccc3)c2[O-])c(C(C)C)c1.[Ni+2].c1ccc([PH](c2ccccc2)(c2ccccc2)c2ccccc2)cc1. The predicted octanol–water partition coefficient (Wildman–Crippen LogP) is 20.0. The molecule has 0 aliphatic rings. The van der Waals surface area contributed by atoms with Crippen LogP contribution in [0.1, 0.15) is 84.0 Å². The first-order valence-electron chi connectivity index (χ1n) is 32.1. The van der Waals surface area contributed by atoms with E-state index in [1.165, 1.54) is 43.5 Å². The van der Waals surface area contributed by atoms with Crippen molar-refractivity contribution in [3.63, 3.8) is 0 Å². The maximum atomic E-state index is 13.5. The van der Waals surface area contributed by atoms with Gasteiger partial charge in [-0.1, -0.05) is 197 Å². The number of allylic oxidation sites excluding steroid dienone is 2. The van der Waals surface area contributed by atoms with Gasteiger partial charge < -0.3 is 10.2 Å². The molecule has 0 heterocycles. The summed E-state index contributed by atoms with van der Waals surface area (Å²) in [5.41, 5.74) is 17.4. The van der Waals surface area contributed by atoms with Crippen molar-refractivity contribution in [3.8, 4) is 56.0 Å². The van der Waals surface area contributed by atoms with E-state index >= 15 is 0 Å². The van der Waals surface area contributed by atoms with E-state index < -0.39 is 7.26 Å². The Hall–Kier alpha value is -10.0. The van der Waals surface area contributed by atoms with Crippen molar-refractivity contribution in [3.05, 3.63) is 361 Å². The Morgan fingerprint density at radius 3 is 0.883 bits per heavy atom. The first-order chi connectivity index (χ1) is 45.4. The van der Waals surface area contributed by atoms with E-state index in [9.17, 15) is 10.2 Å². The summed E-state index contributed by atoms with van der Waals surface area (Å²) >= 11 is 0. The quantitative estimate of drug-likeness (QED) is 0.0372. The van der Waals surface area contributed by atoms with E-state index in [0.29, 0.717) is 34.1 Å². The standard InChI is InChI=1S/2C32H31NO.C24H21P.Ni/c2*1-5-12-24-17-23(4)31(29(18-24)22(2)3)33-21-28-19-27(25-13-8-6-9-14-25)20-30(32(28)34)26-15-10-7-11-16-26;1-5-13-21(14-6-1)25(22-15-7-2-8-16-22,23-17-9-3-10-18-23)24-19-11-4-12-20-24;/h2*5-11,13-22,34H,1,12H2,2-4H3;1-20,25H;/q;;;+2/p-2. The Bertz CT molecular complexity index is 4110. The van der Waals surface area contributed by atoms with E-state index in [0.717, 1.165) is 68.7 Å². The molecule has 0 aromatic heterocycles. The molecule has 94 heavy (non-hydrogen) atoms. The normalized spacial score (nSPS) is 11.3. The maximum absolute atomic E-state index is 13.5. The molecule has 0 unspecified atom stereocenters. The third-order valence-electron chi connectivity index (χ3n) is 16.9. The summed E-state index contributed by atoms with van der Waals surface area (Å²) in [6.07, 6.45) is 8.98. The van der Waals surface area contributed by atoms with Crippen molar-refractivity contribution in [1.82, 2.24) is 0 Å². The number of aryl methyl sites for hydroxylation is 2. The van der Waals surface area contributed by atoms with Crippen molar-refractivity contribution in [2.75, 3.05) is 0 Å². The second-order valence-corrected chi connectivity index (χ2v) is 27.9. The molecule has 0 atom stereocenters. The van der Waals surface area contributed by atoms with Gasteiger partial charge in [0.05, 0.1) is 11.4 Å². The topological polar surface area (TPSA) is 70.8 Å². The van der Waals surface area contributed by atoms with Gasteiger partial charge in [0.15, 0.2) is 0 Å². The summed E-state index contributed by atoms with van der Waals surface area (Å²) in [6.45, 7) is 20.6. The third kappa shape index (κ3) is 16.2. The van der Waals surface area contributed by atoms with Crippen LogP contribution in [0.15, 0.2) is 326 Å². The molecule has 6 heteroatoms. The Morgan fingerprint density at radius 1 is 0.351 bits per heavy atom. The van der Waals surface area contributed by atoms with Gasteiger partial charge in [0.1, 0.15) is 0 Å². The molecule has 12 rings (SSSR count). The van der Waals surface area contributed by atoms with E-state index in [-0.39, 0.29) is 28.0 Å². The molecule has 0 aliphatic heterocycles. The predicted molar refractivity (Wildman–Crippen MR) is 399 cm³/mol. The van der Waals surface area contributed by atoms with Crippen molar-refractivity contribution >= 4 is 52.3 Å². The summed E-state index contributed by atoms with van der Waals surface area (Å²) in [6, 6.07) is 101. The zero-order valence-electron chi connectivity index (χ0n) is 54.5. The zero-order valence-corrected chi connectivity index (χ0v) is 56.5. The number of hydrogen-bond acceptors (Lipinski definition) is 4.